The number of alkyl halides is 6. The van der Waals surface area contributed by atoms with E-state index in [-0.39, 0.29) is 30.1 Å². The molecule has 4 aromatic rings. The van der Waals surface area contributed by atoms with Gasteiger partial charge in [-0.15, -0.1) is 25.6 Å². The molecule has 0 aliphatic rings. The summed E-state index contributed by atoms with van der Waals surface area (Å²) in [5.74, 6) is -1.36. The number of rotatable bonds is 16. The molecule has 0 spiro atoms. The SMILES string of the molecule is C=CCC(OCc1ccccc1)(C(=O)NN)C(F)(F)F.C=CCC(OCc1ccccc1)(C(=O)NNC(=O)c1[nH]c(=O)c(C)cc1[N+](=O)[O-])C(F)(F)F.Cc1cc([N+](=O)[O-])c(C(=O)O)[nH]c1=O.Cl. The van der Waals surface area contributed by atoms with Crippen molar-refractivity contribution in [2.24, 2.45) is 5.84 Å². The first kappa shape index (κ1) is 58.3. The number of carboxylic acid groups (broad SMARTS) is 1. The number of aromatic carboxylic acids is 1. The maximum absolute atomic E-state index is 13.9. The van der Waals surface area contributed by atoms with Gasteiger partial charge in [0.2, 0.25) is 16.9 Å². The van der Waals surface area contributed by atoms with Crippen molar-refractivity contribution in [2.45, 2.75) is 63.5 Å². The molecule has 0 aliphatic heterocycles. The molecule has 2 unspecified atom stereocenters. The quantitative estimate of drug-likeness (QED) is 0.0189. The van der Waals surface area contributed by atoms with Crippen LogP contribution in [0, 0.1) is 34.1 Å². The van der Waals surface area contributed by atoms with Crippen molar-refractivity contribution in [1.82, 2.24) is 26.2 Å². The summed E-state index contributed by atoms with van der Waals surface area (Å²) < 4.78 is 91.4. The Hall–Kier alpha value is -7.75. The van der Waals surface area contributed by atoms with Gasteiger partial charge in [-0.1, -0.05) is 72.8 Å². The first-order valence-corrected chi connectivity index (χ1v) is 18.6. The van der Waals surface area contributed by atoms with E-state index in [2.05, 4.69) is 13.2 Å². The molecule has 0 saturated heterocycles. The average molecular weight is 991 g/mol. The molecule has 68 heavy (non-hydrogen) atoms. The second-order valence-electron chi connectivity index (χ2n) is 13.5. The zero-order chi connectivity index (χ0) is 50.9. The zero-order valence-electron chi connectivity index (χ0n) is 35.3. The number of nitro groups is 2. The van der Waals surface area contributed by atoms with Crippen LogP contribution in [0.1, 0.15) is 56.1 Å². The Balaban J connectivity index is 0.000000560. The number of carbonyl (C=O) groups excluding carboxylic acids is 3. The lowest BCUT2D eigenvalue weighted by atomic mass is 9.97. The summed E-state index contributed by atoms with van der Waals surface area (Å²) in [7, 11) is 0. The van der Waals surface area contributed by atoms with Crippen LogP contribution in [0.3, 0.4) is 0 Å². The molecule has 368 valence electrons. The number of H-pyrrole nitrogens is 2. The van der Waals surface area contributed by atoms with E-state index >= 15 is 0 Å². The van der Waals surface area contributed by atoms with Gasteiger partial charge in [0.05, 0.1) is 23.1 Å². The number of aromatic amines is 2. The van der Waals surface area contributed by atoms with Crippen LogP contribution in [-0.2, 0) is 32.3 Å². The van der Waals surface area contributed by atoms with Crippen LogP contribution in [0.4, 0.5) is 37.7 Å². The maximum atomic E-state index is 13.9. The van der Waals surface area contributed by atoms with Crippen LogP contribution in [0.15, 0.2) is 108 Å². The molecular formula is C40H41ClF6N8O13. The van der Waals surface area contributed by atoms with Gasteiger partial charge in [-0.2, -0.15) is 26.3 Å². The van der Waals surface area contributed by atoms with Gasteiger partial charge < -0.3 is 24.5 Å². The number of pyridine rings is 2. The first-order chi connectivity index (χ1) is 31.2. The highest BCUT2D eigenvalue weighted by Gasteiger charge is 2.62. The third kappa shape index (κ3) is 14.9. The Morgan fingerprint density at radius 2 is 1.07 bits per heavy atom. The predicted octanol–water partition coefficient (Wildman–Crippen LogP) is 5.23. The molecule has 28 heteroatoms. The van der Waals surface area contributed by atoms with E-state index < -0.39 is 110 Å². The smallest absolute Gasteiger partial charge is 0.427 e. The largest absolute Gasteiger partial charge is 0.476 e. The number of carboxylic acids is 1. The summed E-state index contributed by atoms with van der Waals surface area (Å²) in [4.78, 5) is 93.3. The highest BCUT2D eigenvalue weighted by molar-refractivity contribution is 5.98. The number of carbonyl (C=O) groups is 4. The molecule has 0 fully saturated rings. The molecule has 3 amide bonds. The van der Waals surface area contributed by atoms with Crippen molar-refractivity contribution in [3.63, 3.8) is 0 Å². The van der Waals surface area contributed by atoms with Gasteiger partial charge >= 0.3 is 24.0 Å². The summed E-state index contributed by atoms with van der Waals surface area (Å²) >= 11 is 0. The Kier molecular flexibility index (Phi) is 21.6. The van der Waals surface area contributed by atoms with Crippen LogP contribution in [0.25, 0.3) is 0 Å². The fourth-order valence-electron chi connectivity index (χ4n) is 5.31. The summed E-state index contributed by atoms with van der Waals surface area (Å²) in [6.45, 7) is 8.11. The third-order valence-electron chi connectivity index (χ3n) is 8.84. The Morgan fingerprint density at radius 1 is 0.706 bits per heavy atom. The van der Waals surface area contributed by atoms with Gasteiger partial charge in [-0.3, -0.25) is 60.5 Å². The minimum Gasteiger partial charge on any atom is -0.476 e. The Bertz CT molecular complexity index is 2580. The second kappa shape index (κ2) is 25.2. The summed E-state index contributed by atoms with van der Waals surface area (Å²) in [6.07, 6.45) is -10.1. The van der Waals surface area contributed by atoms with E-state index in [0.717, 1.165) is 24.3 Å². The minimum absolute atomic E-state index is 0. The number of halogens is 7. The van der Waals surface area contributed by atoms with Gasteiger partial charge in [0, 0.05) is 36.1 Å². The van der Waals surface area contributed by atoms with Gasteiger partial charge in [0.15, 0.2) is 5.69 Å². The van der Waals surface area contributed by atoms with Crippen molar-refractivity contribution in [2.75, 3.05) is 0 Å². The number of nitrogens with two attached hydrogens (primary N) is 1. The maximum Gasteiger partial charge on any atom is 0.427 e. The van der Waals surface area contributed by atoms with Crippen LogP contribution in [-0.4, -0.2) is 72.2 Å². The number of benzene rings is 2. The number of aryl methyl sites for hydroxylation is 2. The average Bonchev–Trinajstić information content (AvgIpc) is 3.26. The molecule has 21 nitrogen and oxygen atoms in total. The fourth-order valence-corrected chi connectivity index (χ4v) is 5.31. The van der Waals surface area contributed by atoms with Crippen molar-refractivity contribution < 1.29 is 69.9 Å². The topological polar surface area (TPSA) is 321 Å². The number of hydrazine groups is 2. The predicted molar refractivity (Wildman–Crippen MR) is 229 cm³/mol. The lowest BCUT2D eigenvalue weighted by molar-refractivity contribution is -0.385. The highest BCUT2D eigenvalue weighted by Crippen LogP contribution is 2.39. The van der Waals surface area contributed by atoms with E-state index in [1.807, 2.05) is 9.97 Å². The van der Waals surface area contributed by atoms with E-state index in [1.165, 1.54) is 31.4 Å². The number of hydrogen-bond acceptors (Lipinski definition) is 13. The molecule has 4 rings (SSSR count). The lowest BCUT2D eigenvalue weighted by Gasteiger charge is -2.33. The highest BCUT2D eigenvalue weighted by atomic mass is 35.5. The van der Waals surface area contributed by atoms with Crippen LogP contribution in [0.2, 0.25) is 0 Å². The number of hydrogen-bond donors (Lipinski definition) is 7. The van der Waals surface area contributed by atoms with Crippen LogP contribution in [0.5, 0.6) is 0 Å². The van der Waals surface area contributed by atoms with Gasteiger partial charge in [0.1, 0.15) is 0 Å². The Labute approximate surface area is 385 Å². The summed E-state index contributed by atoms with van der Waals surface area (Å²) in [5, 5.41) is 30.1. The van der Waals surface area contributed by atoms with E-state index in [0.29, 0.717) is 11.1 Å². The lowest BCUT2D eigenvalue weighted by Crippen LogP contribution is -2.61. The molecule has 0 aliphatic carbocycles. The normalized spacial score (nSPS) is 12.5. The molecule has 0 radical (unpaired) electrons. The first-order valence-electron chi connectivity index (χ1n) is 18.6. The van der Waals surface area contributed by atoms with Crippen LogP contribution >= 0.6 is 12.4 Å². The van der Waals surface area contributed by atoms with Crippen molar-refractivity contribution in [3.8, 4) is 0 Å². The number of nitrogens with zero attached hydrogens (tertiary/aromatic N) is 2. The molecule has 0 bridgehead atoms. The van der Waals surface area contributed by atoms with Gasteiger partial charge in [0.25, 0.3) is 34.5 Å². The third-order valence-corrected chi connectivity index (χ3v) is 8.84. The Morgan fingerprint density at radius 3 is 1.41 bits per heavy atom. The van der Waals surface area contributed by atoms with Crippen LogP contribution < -0.4 is 33.2 Å². The summed E-state index contributed by atoms with van der Waals surface area (Å²) in [6, 6.07) is 17.7. The number of nitrogens with one attached hydrogen (secondary N) is 5. The summed E-state index contributed by atoms with van der Waals surface area (Å²) in [5.41, 5.74) is -5.33. The standard InChI is InChI=1S/C20H19F3N4O6.C13H15F3N2O2.C7H6N2O5.ClH/c1-3-9-19(20(21,22)23,33-11-13-7-5-4-6-8-13)18(30)26-25-17(29)15-14(27(31)32)10-12(2)16(28)24-15;1-2-8-12(11(19)18-17,13(14,15)16)20-9-10-6-4-3-5-7-10;1-3-2-4(9(13)14)5(7(11)12)8-6(3)10;/h3-8,10H,1,9,11H2,2H3,(H,24,28)(H,25,29)(H,26,30);2-7H,1,8-9,17H2,(H,18,19);2H,1H3,(H,8,10)(H,11,12);1H. The molecule has 8 N–H and O–H groups in total. The monoisotopic (exact) mass is 990 g/mol. The van der Waals surface area contributed by atoms with Crippen molar-refractivity contribution >= 4 is 47.5 Å². The minimum atomic E-state index is -5.23. The van der Waals surface area contributed by atoms with E-state index in [4.69, 9.17) is 20.4 Å². The second-order valence-corrected chi connectivity index (χ2v) is 13.5. The van der Waals surface area contributed by atoms with E-state index in [9.17, 15) is 75.3 Å². The molecule has 2 aromatic carbocycles. The molecule has 0 saturated carbocycles. The van der Waals surface area contributed by atoms with Crippen molar-refractivity contribution in [1.29, 1.82) is 0 Å². The van der Waals surface area contributed by atoms with Gasteiger partial charge in [-0.05, 0) is 25.0 Å². The van der Waals surface area contributed by atoms with Gasteiger partial charge in [-0.25, -0.2) is 10.6 Å². The number of ether oxygens (including phenoxy) is 2. The molecule has 2 heterocycles. The number of amides is 3. The molecular weight excluding hydrogens is 950 g/mol. The molecule has 2 aromatic heterocycles. The van der Waals surface area contributed by atoms with Crippen molar-refractivity contribution in [3.05, 3.63) is 173 Å². The zero-order valence-corrected chi connectivity index (χ0v) is 36.1. The van der Waals surface area contributed by atoms with E-state index in [1.54, 1.807) is 59.4 Å². The molecule has 2 atom stereocenters. The fraction of sp³-hybridized carbons (Fsp3) is 0.250. The number of aromatic nitrogens is 2.